The van der Waals surface area contributed by atoms with Gasteiger partial charge in [-0.25, -0.2) is 4.79 Å². The lowest BCUT2D eigenvalue weighted by molar-refractivity contribution is -0.144. The van der Waals surface area contributed by atoms with Gasteiger partial charge in [0.15, 0.2) is 6.29 Å². The fraction of sp³-hybridized carbons (Fsp3) is 0.333. The zero-order valence-corrected chi connectivity index (χ0v) is 12.3. The maximum atomic E-state index is 12.2. The molecule has 0 fully saturated rings. The molecule has 0 aliphatic carbocycles. The van der Waals surface area contributed by atoms with Gasteiger partial charge in [-0.15, -0.1) is 0 Å². The third kappa shape index (κ3) is 4.69. The van der Waals surface area contributed by atoms with Crippen LogP contribution in [0.15, 0.2) is 24.3 Å². The minimum absolute atomic E-state index is 0.0361. The van der Waals surface area contributed by atoms with Crippen LogP contribution >= 0.6 is 0 Å². The smallest absolute Gasteiger partial charge is 0.328 e. The molecule has 0 bridgehead atoms. The van der Waals surface area contributed by atoms with Crippen LogP contribution in [0, 0.1) is 0 Å². The number of benzene rings is 1. The van der Waals surface area contributed by atoms with Gasteiger partial charge in [0.25, 0.3) is 5.91 Å². The monoisotopic (exact) mass is 307 g/mol. The lowest BCUT2D eigenvalue weighted by Gasteiger charge is -2.16. The van der Waals surface area contributed by atoms with Gasteiger partial charge in [-0.05, 0) is 12.5 Å². The zero-order valence-electron chi connectivity index (χ0n) is 12.3. The number of amides is 1. The van der Waals surface area contributed by atoms with Crippen LogP contribution in [0.5, 0.6) is 0 Å². The van der Waals surface area contributed by atoms with Gasteiger partial charge in [0.05, 0.1) is 14.2 Å². The largest absolute Gasteiger partial charge is 0.469 e. The van der Waals surface area contributed by atoms with Gasteiger partial charge in [-0.2, -0.15) is 0 Å². The van der Waals surface area contributed by atoms with Crippen LogP contribution in [-0.4, -0.2) is 44.4 Å². The summed E-state index contributed by atoms with van der Waals surface area (Å²) in [5, 5.41) is 2.46. The summed E-state index contributed by atoms with van der Waals surface area (Å²) in [6, 6.07) is 5.17. The Hall–Kier alpha value is -2.70. The van der Waals surface area contributed by atoms with Crippen molar-refractivity contribution in [3.05, 3.63) is 35.4 Å². The first-order valence-electron chi connectivity index (χ1n) is 6.53. The van der Waals surface area contributed by atoms with Crippen molar-refractivity contribution in [2.75, 3.05) is 14.2 Å². The summed E-state index contributed by atoms with van der Waals surface area (Å²) in [7, 11) is 2.41. The Labute approximate surface area is 127 Å². The summed E-state index contributed by atoms with van der Waals surface area (Å²) < 4.78 is 9.09. The van der Waals surface area contributed by atoms with E-state index in [1.54, 1.807) is 12.1 Å². The van der Waals surface area contributed by atoms with Crippen LogP contribution < -0.4 is 5.32 Å². The maximum Gasteiger partial charge on any atom is 0.328 e. The highest BCUT2D eigenvalue weighted by atomic mass is 16.5. The van der Waals surface area contributed by atoms with Gasteiger partial charge >= 0.3 is 11.9 Å². The van der Waals surface area contributed by atoms with Crippen molar-refractivity contribution in [3.63, 3.8) is 0 Å². The minimum Gasteiger partial charge on any atom is -0.469 e. The number of carbonyl (C=O) groups is 4. The summed E-state index contributed by atoms with van der Waals surface area (Å²) in [6.45, 7) is 0. The number of hydrogen-bond donors (Lipinski definition) is 1. The molecule has 0 saturated heterocycles. The van der Waals surface area contributed by atoms with Crippen molar-refractivity contribution >= 4 is 24.1 Å². The first kappa shape index (κ1) is 17.4. The number of methoxy groups -OCH3 is 2. The van der Waals surface area contributed by atoms with E-state index in [0.717, 1.165) is 0 Å². The molecule has 0 heterocycles. The van der Waals surface area contributed by atoms with Crippen molar-refractivity contribution in [3.8, 4) is 0 Å². The van der Waals surface area contributed by atoms with E-state index in [-0.39, 0.29) is 24.0 Å². The average Bonchev–Trinajstić information content (AvgIpc) is 2.56. The fourth-order valence-electron chi connectivity index (χ4n) is 1.80. The van der Waals surface area contributed by atoms with E-state index in [0.29, 0.717) is 6.29 Å². The second-order valence-electron chi connectivity index (χ2n) is 4.37. The molecular weight excluding hydrogens is 290 g/mol. The highest BCUT2D eigenvalue weighted by molar-refractivity contribution is 6.02. The molecule has 0 aromatic heterocycles. The Balaban J connectivity index is 2.84. The van der Waals surface area contributed by atoms with E-state index < -0.39 is 23.9 Å². The van der Waals surface area contributed by atoms with Gasteiger partial charge in [-0.1, -0.05) is 18.2 Å². The van der Waals surface area contributed by atoms with E-state index in [9.17, 15) is 19.2 Å². The first-order valence-corrected chi connectivity index (χ1v) is 6.53. The molecule has 0 aliphatic heterocycles. The molecule has 1 aromatic carbocycles. The lowest BCUT2D eigenvalue weighted by Crippen LogP contribution is -2.42. The van der Waals surface area contributed by atoms with E-state index in [4.69, 9.17) is 0 Å². The van der Waals surface area contributed by atoms with E-state index >= 15 is 0 Å². The quantitative estimate of drug-likeness (QED) is 0.589. The number of carbonyl (C=O) groups excluding carboxylic acids is 4. The summed E-state index contributed by atoms with van der Waals surface area (Å²) in [6.07, 6.45) is 0.538. The van der Waals surface area contributed by atoms with Crippen LogP contribution in [0.3, 0.4) is 0 Å². The molecule has 1 N–H and O–H groups in total. The molecule has 1 unspecified atom stereocenters. The minimum atomic E-state index is -1.00. The van der Waals surface area contributed by atoms with Crippen molar-refractivity contribution in [2.45, 2.75) is 18.9 Å². The molecule has 118 valence electrons. The standard InChI is InChI=1S/C15H17NO6/c1-21-13(18)8-7-12(15(20)22-2)16-14(19)11-6-4-3-5-10(11)9-17/h3-6,9,12H,7-8H2,1-2H3,(H,16,19). The summed E-state index contributed by atoms with van der Waals surface area (Å²) in [4.78, 5) is 45.9. The van der Waals surface area contributed by atoms with Crippen LogP contribution in [-0.2, 0) is 19.1 Å². The van der Waals surface area contributed by atoms with E-state index in [1.807, 2.05) is 0 Å². The zero-order chi connectivity index (χ0) is 16.5. The van der Waals surface area contributed by atoms with Crippen LogP contribution in [0.1, 0.15) is 33.6 Å². The molecule has 0 saturated carbocycles. The lowest BCUT2D eigenvalue weighted by atomic mass is 10.1. The van der Waals surface area contributed by atoms with Crippen molar-refractivity contribution < 1.29 is 28.7 Å². The fourth-order valence-corrected chi connectivity index (χ4v) is 1.80. The third-order valence-electron chi connectivity index (χ3n) is 2.99. The number of aldehydes is 1. The van der Waals surface area contributed by atoms with Crippen molar-refractivity contribution in [2.24, 2.45) is 0 Å². The SMILES string of the molecule is COC(=O)CCC(NC(=O)c1ccccc1C=O)C(=O)OC. The number of ether oxygens (including phenoxy) is 2. The summed E-state index contributed by atoms with van der Waals surface area (Å²) >= 11 is 0. The van der Waals surface area contributed by atoms with Crippen LogP contribution in [0.25, 0.3) is 0 Å². The maximum absolute atomic E-state index is 12.2. The second kappa shape index (κ2) is 8.56. The molecule has 1 amide bonds. The van der Waals surface area contributed by atoms with Crippen LogP contribution in [0.2, 0.25) is 0 Å². The van der Waals surface area contributed by atoms with E-state index in [2.05, 4.69) is 14.8 Å². The van der Waals surface area contributed by atoms with Crippen LogP contribution in [0.4, 0.5) is 0 Å². The highest BCUT2D eigenvalue weighted by Gasteiger charge is 2.24. The van der Waals surface area contributed by atoms with Gasteiger partial charge in [-0.3, -0.25) is 14.4 Å². The summed E-state index contributed by atoms with van der Waals surface area (Å²) in [5.41, 5.74) is 0.348. The Kier molecular flexibility index (Phi) is 6.75. The Morgan fingerprint density at radius 1 is 1.18 bits per heavy atom. The number of nitrogens with one attached hydrogen (secondary N) is 1. The predicted molar refractivity (Wildman–Crippen MR) is 76.3 cm³/mol. The first-order chi connectivity index (χ1) is 10.5. The predicted octanol–water partition coefficient (Wildman–Crippen LogP) is 0.724. The molecule has 1 aromatic rings. The molecule has 0 spiro atoms. The molecule has 7 nitrogen and oxygen atoms in total. The Bertz CT molecular complexity index is 569. The third-order valence-corrected chi connectivity index (χ3v) is 2.99. The number of rotatable bonds is 7. The summed E-state index contributed by atoms with van der Waals surface area (Å²) in [5.74, 6) is -1.78. The average molecular weight is 307 g/mol. The Morgan fingerprint density at radius 3 is 2.45 bits per heavy atom. The van der Waals surface area contributed by atoms with Gasteiger partial charge < -0.3 is 14.8 Å². The number of esters is 2. The normalized spacial score (nSPS) is 11.2. The molecule has 22 heavy (non-hydrogen) atoms. The molecule has 7 heteroatoms. The van der Waals surface area contributed by atoms with Crippen molar-refractivity contribution in [1.82, 2.24) is 5.32 Å². The molecule has 0 radical (unpaired) electrons. The molecule has 1 atom stereocenters. The molecule has 1 rings (SSSR count). The Morgan fingerprint density at radius 2 is 1.86 bits per heavy atom. The molecular formula is C15H17NO6. The van der Waals surface area contributed by atoms with Crippen molar-refractivity contribution in [1.29, 1.82) is 0 Å². The highest BCUT2D eigenvalue weighted by Crippen LogP contribution is 2.08. The second-order valence-corrected chi connectivity index (χ2v) is 4.37. The van der Waals surface area contributed by atoms with Gasteiger partial charge in [0, 0.05) is 17.5 Å². The van der Waals surface area contributed by atoms with Gasteiger partial charge in [0.1, 0.15) is 6.04 Å². The number of hydrogen-bond acceptors (Lipinski definition) is 6. The molecule has 0 aliphatic rings. The van der Waals surface area contributed by atoms with E-state index in [1.165, 1.54) is 26.4 Å². The van der Waals surface area contributed by atoms with Gasteiger partial charge in [0.2, 0.25) is 0 Å². The topological polar surface area (TPSA) is 98.8 Å².